The van der Waals surface area contributed by atoms with Gasteiger partial charge in [-0.25, -0.2) is 8.42 Å². The third-order valence-electron chi connectivity index (χ3n) is 3.69. The maximum atomic E-state index is 12.7. The Balaban J connectivity index is 1.72. The summed E-state index contributed by atoms with van der Waals surface area (Å²) in [5, 5.41) is 5.21. The minimum Gasteiger partial charge on any atom is -0.309 e. The lowest BCUT2D eigenvalue weighted by molar-refractivity contribution is 0.368. The van der Waals surface area contributed by atoms with Crippen LogP contribution in [0.4, 0.5) is 0 Å². The molecular weight excluding hydrogens is 312 g/mol. The third-order valence-corrected chi connectivity index (χ3v) is 7.95. The minimum absolute atomic E-state index is 0.0895. The number of nitrogens with one attached hydrogen (secondary N) is 1. The summed E-state index contributed by atoms with van der Waals surface area (Å²) in [4.78, 5) is 1.57. The highest BCUT2D eigenvalue weighted by molar-refractivity contribution is 7.99. The molecule has 2 heterocycles. The summed E-state index contributed by atoms with van der Waals surface area (Å²) in [6, 6.07) is 2.58. The van der Waals surface area contributed by atoms with Crippen LogP contribution in [0.5, 0.6) is 0 Å². The summed E-state index contributed by atoms with van der Waals surface area (Å²) in [6.07, 6.45) is 2.50. The van der Waals surface area contributed by atoms with E-state index in [0.29, 0.717) is 17.5 Å². The summed E-state index contributed by atoms with van der Waals surface area (Å²) in [5.41, 5.74) is 0. The highest BCUT2D eigenvalue weighted by Gasteiger charge is 2.32. The number of hydrogen-bond donors (Lipinski definition) is 1. The molecule has 1 aromatic rings. The van der Waals surface area contributed by atoms with Crippen molar-refractivity contribution in [2.24, 2.45) is 0 Å². The maximum Gasteiger partial charge on any atom is 0.244 e. The zero-order valence-electron chi connectivity index (χ0n) is 11.5. The fraction of sp³-hybridized carbons (Fsp3) is 0.692. The van der Waals surface area contributed by atoms with E-state index in [4.69, 9.17) is 0 Å². The van der Waals surface area contributed by atoms with Gasteiger partial charge in [-0.3, -0.25) is 0 Å². The molecule has 1 atom stereocenters. The fourth-order valence-corrected chi connectivity index (χ4v) is 6.39. The molecule has 0 bridgehead atoms. The van der Waals surface area contributed by atoms with Gasteiger partial charge in [-0.05, 0) is 25.8 Å². The number of thiophene rings is 1. The Morgan fingerprint density at radius 1 is 1.45 bits per heavy atom. The van der Waals surface area contributed by atoms with Crippen LogP contribution in [0.25, 0.3) is 0 Å². The Morgan fingerprint density at radius 2 is 2.25 bits per heavy atom. The molecule has 2 aliphatic rings. The van der Waals surface area contributed by atoms with Crippen molar-refractivity contribution >= 4 is 33.1 Å². The van der Waals surface area contributed by atoms with Gasteiger partial charge in [-0.15, -0.1) is 11.3 Å². The predicted octanol–water partition coefficient (Wildman–Crippen LogP) is 2.13. The molecule has 0 radical (unpaired) electrons. The SMILES string of the molecule is CC1CSCCN1S(=O)(=O)c1csc(CNC2CC2)c1. The summed E-state index contributed by atoms with van der Waals surface area (Å²) in [5.74, 6) is 1.78. The molecule has 0 amide bonds. The van der Waals surface area contributed by atoms with Gasteiger partial charge in [0.2, 0.25) is 10.0 Å². The van der Waals surface area contributed by atoms with E-state index in [0.717, 1.165) is 22.9 Å². The van der Waals surface area contributed by atoms with Gasteiger partial charge in [-0.2, -0.15) is 16.1 Å². The standard InChI is InChI=1S/C13H20N2O2S3/c1-10-8-18-5-4-15(10)20(16,17)13-6-12(19-9-13)7-14-11-2-3-11/h6,9-11,14H,2-5,7-8H2,1H3. The molecule has 3 rings (SSSR count). The molecule has 1 saturated heterocycles. The van der Waals surface area contributed by atoms with Gasteiger partial charge in [0.1, 0.15) is 0 Å². The van der Waals surface area contributed by atoms with Crippen LogP contribution in [-0.2, 0) is 16.6 Å². The molecule has 0 aromatic carbocycles. The lowest BCUT2D eigenvalue weighted by Crippen LogP contribution is -2.44. The van der Waals surface area contributed by atoms with Crippen molar-refractivity contribution in [1.82, 2.24) is 9.62 Å². The van der Waals surface area contributed by atoms with Crippen LogP contribution >= 0.6 is 23.1 Å². The Labute approximate surface area is 129 Å². The van der Waals surface area contributed by atoms with Crippen molar-refractivity contribution in [2.75, 3.05) is 18.1 Å². The quantitative estimate of drug-likeness (QED) is 0.897. The number of rotatable bonds is 5. The summed E-state index contributed by atoms with van der Waals surface area (Å²) < 4.78 is 27.0. The highest BCUT2D eigenvalue weighted by Crippen LogP contribution is 2.28. The first-order chi connectivity index (χ1) is 9.57. The van der Waals surface area contributed by atoms with Crippen LogP contribution in [0.15, 0.2) is 16.3 Å². The van der Waals surface area contributed by atoms with Gasteiger partial charge in [0, 0.05) is 46.9 Å². The molecule has 7 heteroatoms. The van der Waals surface area contributed by atoms with Gasteiger partial charge < -0.3 is 5.32 Å². The molecule has 1 aliphatic carbocycles. The Bertz CT molecular complexity index is 566. The van der Waals surface area contributed by atoms with Gasteiger partial charge in [0.05, 0.1) is 4.90 Å². The second kappa shape index (κ2) is 5.96. The van der Waals surface area contributed by atoms with Crippen molar-refractivity contribution in [1.29, 1.82) is 0 Å². The lowest BCUT2D eigenvalue weighted by atomic mass is 10.4. The highest BCUT2D eigenvalue weighted by atomic mass is 32.2. The molecule has 112 valence electrons. The normalized spacial score (nSPS) is 24.9. The first-order valence-corrected chi connectivity index (χ1v) is 10.4. The number of thioether (sulfide) groups is 1. The van der Waals surface area contributed by atoms with Crippen molar-refractivity contribution in [2.45, 2.75) is 43.3 Å². The molecule has 1 N–H and O–H groups in total. The molecule has 4 nitrogen and oxygen atoms in total. The van der Waals surface area contributed by atoms with E-state index in [-0.39, 0.29) is 6.04 Å². The molecule has 0 spiro atoms. The predicted molar refractivity (Wildman–Crippen MR) is 84.9 cm³/mol. The Kier molecular flexibility index (Phi) is 4.42. The summed E-state index contributed by atoms with van der Waals surface area (Å²) >= 11 is 3.37. The minimum atomic E-state index is -3.31. The second-order valence-corrected chi connectivity index (χ2v) is 9.48. The average Bonchev–Trinajstić information content (AvgIpc) is 3.13. The molecule has 1 aromatic heterocycles. The van der Waals surface area contributed by atoms with Gasteiger partial charge >= 0.3 is 0 Å². The molecule has 20 heavy (non-hydrogen) atoms. The smallest absolute Gasteiger partial charge is 0.244 e. The topological polar surface area (TPSA) is 49.4 Å². The van der Waals surface area contributed by atoms with E-state index in [1.165, 1.54) is 24.2 Å². The van der Waals surface area contributed by atoms with Gasteiger partial charge in [0.15, 0.2) is 0 Å². The molecule has 1 saturated carbocycles. The lowest BCUT2D eigenvalue weighted by Gasteiger charge is -2.31. The monoisotopic (exact) mass is 332 g/mol. The van der Waals surface area contributed by atoms with E-state index in [9.17, 15) is 8.42 Å². The van der Waals surface area contributed by atoms with Crippen molar-refractivity contribution in [3.05, 3.63) is 16.3 Å². The zero-order chi connectivity index (χ0) is 14.2. The molecule has 2 fully saturated rings. The van der Waals surface area contributed by atoms with E-state index < -0.39 is 10.0 Å². The van der Waals surface area contributed by atoms with Gasteiger partial charge in [0.25, 0.3) is 0 Å². The molecular formula is C13H20N2O2S3. The number of sulfonamides is 1. The molecule has 1 unspecified atom stereocenters. The van der Waals surface area contributed by atoms with Crippen LogP contribution in [-0.4, -0.2) is 42.9 Å². The Hall–Kier alpha value is -0.0800. The maximum absolute atomic E-state index is 12.7. The van der Waals surface area contributed by atoms with Crippen LogP contribution in [0.2, 0.25) is 0 Å². The largest absolute Gasteiger partial charge is 0.309 e. The van der Waals surface area contributed by atoms with E-state index in [2.05, 4.69) is 5.32 Å². The number of hydrogen-bond acceptors (Lipinski definition) is 5. The van der Waals surface area contributed by atoms with E-state index in [1.807, 2.05) is 24.8 Å². The first-order valence-electron chi connectivity index (χ1n) is 6.98. The van der Waals surface area contributed by atoms with E-state index in [1.54, 1.807) is 9.69 Å². The van der Waals surface area contributed by atoms with Crippen LogP contribution < -0.4 is 5.32 Å². The van der Waals surface area contributed by atoms with Crippen LogP contribution in [0, 0.1) is 0 Å². The molecule has 1 aliphatic heterocycles. The Morgan fingerprint density at radius 3 is 2.95 bits per heavy atom. The fourth-order valence-electron chi connectivity index (χ4n) is 2.33. The van der Waals surface area contributed by atoms with Crippen LogP contribution in [0.1, 0.15) is 24.6 Å². The first kappa shape index (κ1) is 14.8. The zero-order valence-corrected chi connectivity index (χ0v) is 14.0. The van der Waals surface area contributed by atoms with E-state index >= 15 is 0 Å². The van der Waals surface area contributed by atoms with Crippen LogP contribution in [0.3, 0.4) is 0 Å². The third kappa shape index (κ3) is 3.22. The van der Waals surface area contributed by atoms with Crippen molar-refractivity contribution < 1.29 is 8.42 Å². The number of nitrogens with zero attached hydrogens (tertiary/aromatic N) is 1. The van der Waals surface area contributed by atoms with Gasteiger partial charge in [-0.1, -0.05) is 0 Å². The van der Waals surface area contributed by atoms with Crippen molar-refractivity contribution in [3.63, 3.8) is 0 Å². The second-order valence-electron chi connectivity index (χ2n) is 5.44. The summed E-state index contributed by atoms with van der Waals surface area (Å²) in [6.45, 7) is 3.40. The van der Waals surface area contributed by atoms with Crippen molar-refractivity contribution in [3.8, 4) is 0 Å². The average molecular weight is 333 g/mol. The summed E-state index contributed by atoms with van der Waals surface area (Å²) in [7, 11) is -3.31.